The van der Waals surface area contributed by atoms with Gasteiger partial charge in [-0.05, 0) is 37.3 Å². The second kappa shape index (κ2) is 15.4. The molecule has 5 atom stereocenters. The number of unbranched alkanes of at least 4 members (excludes halogenated alkanes) is 4. The monoisotopic (exact) mass is 537 g/mol. The third kappa shape index (κ3) is 9.20. The van der Waals surface area contributed by atoms with Crippen molar-refractivity contribution in [3.8, 4) is 0 Å². The van der Waals surface area contributed by atoms with Crippen molar-refractivity contribution in [1.82, 2.24) is 4.90 Å². The highest BCUT2D eigenvalue weighted by molar-refractivity contribution is 5.85. The highest BCUT2D eigenvalue weighted by Gasteiger charge is 2.38. The molecule has 1 heterocycles. The number of ether oxygens (including phenoxy) is 2. The average molecular weight is 538 g/mol. The van der Waals surface area contributed by atoms with Gasteiger partial charge in [-0.15, -0.1) is 0 Å². The molecule has 0 saturated carbocycles. The second-order valence-corrected chi connectivity index (χ2v) is 10.6. The number of rotatable bonds is 10. The van der Waals surface area contributed by atoms with Crippen LogP contribution in [0.2, 0.25) is 0 Å². The molecule has 212 valence electrons. The summed E-state index contributed by atoms with van der Waals surface area (Å²) in [6.45, 7) is 3.83. The number of nitrogens with zero attached hydrogens (tertiary/aromatic N) is 1. The molecule has 2 aromatic rings. The van der Waals surface area contributed by atoms with E-state index in [0.29, 0.717) is 12.8 Å². The highest BCUT2D eigenvalue weighted by Crippen LogP contribution is 2.24. The summed E-state index contributed by atoms with van der Waals surface area (Å²) in [6, 6.07) is 18.2. The Labute approximate surface area is 232 Å². The maximum atomic E-state index is 13.8. The summed E-state index contributed by atoms with van der Waals surface area (Å²) >= 11 is 0. The summed E-state index contributed by atoms with van der Waals surface area (Å²) in [5, 5.41) is 11.2. The predicted octanol–water partition coefficient (Wildman–Crippen LogP) is 4.88. The molecule has 0 radical (unpaired) electrons. The standard InChI is InChI=1S/C32H43NO6/c1-4-5-6-7-14-19-28-23(2)32(37)39-29(21-25-17-12-9-13-18-25)31(36)33(3)26(27(34)22-30(35)38-28)20-24-15-10-8-11-16-24/h8-13,15-18,23,26-29,34H,4-7,14,19-22H2,1-3H3/t23-,26-,27+,28+,29-/m0/s1. The second-order valence-electron chi connectivity index (χ2n) is 10.6. The molecule has 0 aliphatic carbocycles. The van der Waals surface area contributed by atoms with Crippen LogP contribution >= 0.6 is 0 Å². The topological polar surface area (TPSA) is 93.1 Å². The number of aliphatic hydroxyl groups excluding tert-OH is 1. The third-order valence-electron chi connectivity index (χ3n) is 7.55. The van der Waals surface area contributed by atoms with E-state index in [1.807, 2.05) is 60.7 Å². The fourth-order valence-corrected chi connectivity index (χ4v) is 5.07. The number of likely N-dealkylation sites (N-methyl/N-ethyl adjacent to an activating group) is 1. The molecule has 1 amide bonds. The molecule has 0 spiro atoms. The summed E-state index contributed by atoms with van der Waals surface area (Å²) in [6.07, 6.45) is 3.00. The van der Waals surface area contributed by atoms with Gasteiger partial charge in [-0.25, -0.2) is 0 Å². The van der Waals surface area contributed by atoms with E-state index in [2.05, 4.69) is 6.92 Å². The number of carbonyl (C=O) groups is 3. The van der Waals surface area contributed by atoms with E-state index in [9.17, 15) is 19.5 Å². The SMILES string of the molecule is CCCCCCC[C@H]1OC(=O)C[C@@H](O)[C@H](Cc2ccccc2)N(C)C(=O)[C@H](Cc2ccccc2)OC(=O)[C@H]1C. The Morgan fingerprint density at radius 1 is 0.846 bits per heavy atom. The number of cyclic esters (lactones) is 2. The smallest absolute Gasteiger partial charge is 0.313 e. The van der Waals surface area contributed by atoms with Gasteiger partial charge >= 0.3 is 11.9 Å². The van der Waals surface area contributed by atoms with E-state index in [1.165, 1.54) is 4.90 Å². The number of amides is 1. The van der Waals surface area contributed by atoms with Gasteiger partial charge in [-0.2, -0.15) is 0 Å². The van der Waals surface area contributed by atoms with Crippen molar-refractivity contribution in [2.75, 3.05) is 7.05 Å². The fourth-order valence-electron chi connectivity index (χ4n) is 5.07. The van der Waals surface area contributed by atoms with Crippen LogP contribution in [0.3, 0.4) is 0 Å². The lowest BCUT2D eigenvalue weighted by atomic mass is 9.95. The summed E-state index contributed by atoms with van der Waals surface area (Å²) in [7, 11) is 1.59. The van der Waals surface area contributed by atoms with E-state index in [1.54, 1.807) is 14.0 Å². The van der Waals surface area contributed by atoms with Gasteiger partial charge in [0.15, 0.2) is 6.10 Å². The summed E-state index contributed by atoms with van der Waals surface area (Å²) in [5.41, 5.74) is 1.77. The van der Waals surface area contributed by atoms with Crippen molar-refractivity contribution in [2.24, 2.45) is 5.92 Å². The highest BCUT2D eigenvalue weighted by atomic mass is 16.6. The van der Waals surface area contributed by atoms with Gasteiger partial charge in [0.05, 0.1) is 24.5 Å². The minimum atomic E-state index is -1.15. The Hall–Kier alpha value is -3.19. The summed E-state index contributed by atoms with van der Waals surface area (Å²) in [4.78, 5) is 41.5. The number of hydrogen-bond acceptors (Lipinski definition) is 6. The van der Waals surface area contributed by atoms with E-state index in [-0.39, 0.29) is 12.8 Å². The van der Waals surface area contributed by atoms with Crippen LogP contribution in [-0.2, 0) is 36.7 Å². The van der Waals surface area contributed by atoms with Crippen LogP contribution in [0.25, 0.3) is 0 Å². The number of esters is 2. The lowest BCUT2D eigenvalue weighted by molar-refractivity contribution is -0.174. The quantitative estimate of drug-likeness (QED) is 0.343. The molecule has 39 heavy (non-hydrogen) atoms. The molecule has 0 aromatic heterocycles. The number of aliphatic hydroxyl groups is 1. The van der Waals surface area contributed by atoms with Crippen LogP contribution in [0, 0.1) is 5.92 Å². The molecule has 7 heteroatoms. The molecular formula is C32H43NO6. The van der Waals surface area contributed by atoms with Gasteiger partial charge in [0.1, 0.15) is 6.10 Å². The van der Waals surface area contributed by atoms with Crippen molar-refractivity contribution >= 4 is 17.8 Å². The van der Waals surface area contributed by atoms with Gasteiger partial charge in [-0.3, -0.25) is 14.4 Å². The molecule has 1 saturated heterocycles. The maximum absolute atomic E-state index is 13.8. The molecule has 1 aliphatic rings. The van der Waals surface area contributed by atoms with Crippen LogP contribution in [-0.4, -0.2) is 59.3 Å². The predicted molar refractivity (Wildman–Crippen MR) is 150 cm³/mol. The van der Waals surface area contributed by atoms with Gasteiger partial charge in [0, 0.05) is 13.5 Å². The van der Waals surface area contributed by atoms with Gasteiger partial charge in [0.25, 0.3) is 5.91 Å². The van der Waals surface area contributed by atoms with Crippen molar-refractivity contribution in [3.63, 3.8) is 0 Å². The lowest BCUT2D eigenvalue weighted by Gasteiger charge is -2.35. The van der Waals surface area contributed by atoms with Crippen molar-refractivity contribution < 1.29 is 29.0 Å². The lowest BCUT2D eigenvalue weighted by Crippen LogP contribution is -2.52. The van der Waals surface area contributed by atoms with Gasteiger partial charge < -0.3 is 19.5 Å². The van der Waals surface area contributed by atoms with E-state index in [4.69, 9.17) is 9.47 Å². The fraction of sp³-hybridized carbons (Fsp3) is 0.531. The molecule has 0 unspecified atom stereocenters. The number of hydrogen-bond donors (Lipinski definition) is 1. The number of carbonyl (C=O) groups excluding carboxylic acids is 3. The molecular weight excluding hydrogens is 494 g/mol. The zero-order chi connectivity index (χ0) is 28.2. The number of benzene rings is 2. The summed E-state index contributed by atoms with van der Waals surface area (Å²) < 4.78 is 11.7. The molecule has 7 nitrogen and oxygen atoms in total. The first kappa shape index (κ1) is 30.4. The molecule has 1 fully saturated rings. The van der Waals surface area contributed by atoms with Crippen LogP contribution in [0.15, 0.2) is 60.7 Å². The van der Waals surface area contributed by atoms with Crippen LogP contribution in [0.5, 0.6) is 0 Å². The summed E-state index contributed by atoms with van der Waals surface area (Å²) in [5.74, 6) is -2.30. The van der Waals surface area contributed by atoms with E-state index in [0.717, 1.165) is 43.2 Å². The first-order valence-electron chi connectivity index (χ1n) is 14.2. The maximum Gasteiger partial charge on any atom is 0.313 e. The normalized spacial score (nSPS) is 24.9. The molecule has 1 N–H and O–H groups in total. The zero-order valence-electron chi connectivity index (χ0n) is 23.5. The zero-order valence-corrected chi connectivity index (χ0v) is 23.5. The van der Waals surface area contributed by atoms with Crippen LogP contribution in [0.1, 0.15) is 69.9 Å². The van der Waals surface area contributed by atoms with E-state index < -0.39 is 48.1 Å². The minimum absolute atomic E-state index is 0.206. The Morgan fingerprint density at radius 2 is 1.44 bits per heavy atom. The van der Waals surface area contributed by atoms with Gasteiger partial charge in [-0.1, -0.05) is 93.3 Å². The van der Waals surface area contributed by atoms with Crippen LogP contribution in [0.4, 0.5) is 0 Å². The Kier molecular flexibility index (Phi) is 12.0. The molecule has 3 rings (SSSR count). The molecule has 0 bridgehead atoms. The van der Waals surface area contributed by atoms with E-state index >= 15 is 0 Å². The molecule has 2 aromatic carbocycles. The van der Waals surface area contributed by atoms with Crippen molar-refractivity contribution in [2.45, 2.75) is 96.0 Å². The largest absolute Gasteiger partial charge is 0.461 e. The van der Waals surface area contributed by atoms with Crippen molar-refractivity contribution in [1.29, 1.82) is 0 Å². The van der Waals surface area contributed by atoms with Crippen LogP contribution < -0.4 is 0 Å². The minimum Gasteiger partial charge on any atom is -0.461 e. The average Bonchev–Trinajstić information content (AvgIpc) is 2.94. The first-order chi connectivity index (χ1) is 18.8. The Balaban J connectivity index is 1.90. The van der Waals surface area contributed by atoms with Crippen molar-refractivity contribution in [3.05, 3.63) is 71.8 Å². The Bertz CT molecular complexity index is 1040. The molecule has 1 aliphatic heterocycles. The third-order valence-corrected chi connectivity index (χ3v) is 7.55. The Morgan fingerprint density at radius 3 is 2.05 bits per heavy atom. The van der Waals surface area contributed by atoms with Gasteiger partial charge in [0.2, 0.25) is 0 Å². The first-order valence-corrected chi connectivity index (χ1v) is 14.2.